The first-order chi connectivity index (χ1) is 25.4. The number of hydrogen-bond acceptors (Lipinski definition) is 10. The SMILES string of the molecule is COCCOCCOCCOCCN1C(=CC=CC=Cc2sc3ccccc3[n+]2CCOCCOCCOCCC(=O)O)C(C)(C)c2ccccc21.[Cl-]. The van der Waals surface area contributed by atoms with Gasteiger partial charge in [0.1, 0.15) is 11.3 Å². The Morgan fingerprint density at radius 1 is 0.755 bits per heavy atom. The van der Waals surface area contributed by atoms with Crippen molar-refractivity contribution in [3.63, 3.8) is 0 Å². The highest BCUT2D eigenvalue weighted by Gasteiger charge is 2.39. The van der Waals surface area contributed by atoms with Gasteiger partial charge < -0.3 is 55.6 Å². The first kappa shape index (κ1) is 44.2. The van der Waals surface area contributed by atoms with E-state index in [9.17, 15) is 4.79 Å². The molecular weight excluding hydrogens is 720 g/mol. The fraction of sp³-hybridized carbons (Fsp3) is 0.500. The first-order valence-electron chi connectivity index (χ1n) is 17.9. The summed E-state index contributed by atoms with van der Waals surface area (Å²) in [4.78, 5) is 12.9. The minimum atomic E-state index is -0.867. The highest BCUT2D eigenvalue weighted by molar-refractivity contribution is 7.18. The number of para-hydroxylation sites is 2. The number of rotatable bonds is 27. The van der Waals surface area contributed by atoms with Crippen LogP contribution in [-0.2, 0) is 49.9 Å². The Labute approximate surface area is 324 Å². The molecule has 2 heterocycles. The lowest BCUT2D eigenvalue weighted by Gasteiger charge is -2.27. The largest absolute Gasteiger partial charge is 1.00 e. The molecular formula is C40H55ClN2O9S. The van der Waals surface area contributed by atoms with Crippen LogP contribution in [0.5, 0.6) is 0 Å². The van der Waals surface area contributed by atoms with Crippen LogP contribution in [0.1, 0.15) is 30.8 Å². The molecule has 292 valence electrons. The molecule has 3 aromatic rings. The number of aliphatic carboxylic acids is 1. The van der Waals surface area contributed by atoms with Gasteiger partial charge in [0.15, 0.2) is 6.54 Å². The zero-order valence-electron chi connectivity index (χ0n) is 31.2. The van der Waals surface area contributed by atoms with Gasteiger partial charge in [-0.25, -0.2) is 0 Å². The number of aromatic nitrogens is 1. The predicted molar refractivity (Wildman–Crippen MR) is 204 cm³/mol. The van der Waals surface area contributed by atoms with Gasteiger partial charge in [-0.15, -0.1) is 0 Å². The van der Waals surface area contributed by atoms with Crippen LogP contribution < -0.4 is 21.9 Å². The highest BCUT2D eigenvalue weighted by atomic mass is 35.5. The molecule has 0 bridgehead atoms. The molecule has 0 radical (unpaired) electrons. The van der Waals surface area contributed by atoms with Gasteiger partial charge in [0.2, 0.25) is 5.52 Å². The molecule has 1 aliphatic rings. The molecule has 0 fully saturated rings. The fourth-order valence-corrected chi connectivity index (χ4v) is 6.94. The van der Waals surface area contributed by atoms with Crippen molar-refractivity contribution in [3.8, 4) is 0 Å². The number of nitrogens with zero attached hydrogens (tertiary/aromatic N) is 2. The van der Waals surface area contributed by atoms with E-state index in [-0.39, 0.29) is 30.8 Å². The lowest BCUT2D eigenvalue weighted by atomic mass is 9.84. The van der Waals surface area contributed by atoms with Gasteiger partial charge in [-0.05, 0) is 23.8 Å². The second kappa shape index (κ2) is 25.0. The average molecular weight is 775 g/mol. The predicted octanol–water partition coefficient (Wildman–Crippen LogP) is 2.66. The number of anilines is 1. The molecule has 11 nitrogen and oxygen atoms in total. The van der Waals surface area contributed by atoms with Crippen LogP contribution in [0.15, 0.2) is 78.5 Å². The second-order valence-electron chi connectivity index (χ2n) is 12.5. The number of ether oxygens (including phenoxy) is 7. The lowest BCUT2D eigenvalue weighted by molar-refractivity contribution is -0.670. The number of carbonyl (C=O) groups is 1. The van der Waals surface area contributed by atoms with E-state index in [2.05, 4.69) is 102 Å². The van der Waals surface area contributed by atoms with Crippen LogP contribution in [0.25, 0.3) is 16.3 Å². The van der Waals surface area contributed by atoms with Crippen molar-refractivity contribution in [2.24, 2.45) is 0 Å². The van der Waals surface area contributed by atoms with Crippen molar-refractivity contribution < 1.29 is 60.0 Å². The molecule has 0 atom stereocenters. The Morgan fingerprint density at radius 3 is 2.02 bits per heavy atom. The third-order valence-electron chi connectivity index (χ3n) is 8.45. The van der Waals surface area contributed by atoms with Crippen LogP contribution in [0.2, 0.25) is 0 Å². The molecule has 13 heteroatoms. The van der Waals surface area contributed by atoms with Crippen molar-refractivity contribution >= 4 is 39.3 Å². The van der Waals surface area contributed by atoms with E-state index in [0.29, 0.717) is 85.8 Å². The Balaban J connectivity index is 0.00000756. The Morgan fingerprint density at radius 2 is 1.34 bits per heavy atom. The summed E-state index contributed by atoms with van der Waals surface area (Å²) in [7, 11) is 1.66. The molecule has 4 rings (SSSR count). The summed E-state index contributed by atoms with van der Waals surface area (Å²) in [6.45, 7) is 12.4. The van der Waals surface area contributed by atoms with E-state index in [0.717, 1.165) is 11.6 Å². The van der Waals surface area contributed by atoms with Crippen molar-refractivity contribution in [1.29, 1.82) is 0 Å². The highest BCUT2D eigenvalue weighted by Crippen LogP contribution is 2.47. The Kier molecular flexibility index (Phi) is 20.9. The summed E-state index contributed by atoms with van der Waals surface area (Å²) in [5, 5.41) is 9.79. The molecule has 1 aliphatic heterocycles. The summed E-state index contributed by atoms with van der Waals surface area (Å²) in [5.41, 5.74) is 4.79. The van der Waals surface area contributed by atoms with E-state index in [4.69, 9.17) is 38.3 Å². The second-order valence-corrected chi connectivity index (χ2v) is 13.5. The number of carboxylic acid groups (broad SMARTS) is 1. The molecule has 0 aliphatic carbocycles. The maximum Gasteiger partial charge on any atom is 0.305 e. The molecule has 2 aromatic carbocycles. The van der Waals surface area contributed by atoms with Gasteiger partial charge in [0, 0.05) is 42.6 Å². The minimum absolute atomic E-state index is 0. The van der Waals surface area contributed by atoms with Gasteiger partial charge in [0.25, 0.3) is 5.01 Å². The smallest absolute Gasteiger partial charge is 0.305 e. The third kappa shape index (κ3) is 14.5. The van der Waals surface area contributed by atoms with Crippen LogP contribution in [0.3, 0.4) is 0 Å². The average Bonchev–Trinajstić information content (AvgIpc) is 3.59. The third-order valence-corrected chi connectivity index (χ3v) is 9.58. The lowest BCUT2D eigenvalue weighted by Crippen LogP contribution is -3.00. The van der Waals surface area contributed by atoms with E-state index >= 15 is 0 Å². The molecule has 53 heavy (non-hydrogen) atoms. The standard InChI is InChI=1S/C40H54N2O9S.ClH/c1-40(2)33-11-7-8-12-34(33)41(18-21-47-26-29-51-32-31-49-24-23-45-3)37(40)15-5-4-6-16-38-42(35-13-9-10-14-36(35)52-38)19-22-48-27-30-50-28-25-46-20-17-39(43)44;/h4-16H,17-32H2,1-3H3;1H. The van der Waals surface area contributed by atoms with Crippen molar-refractivity contribution in [1.82, 2.24) is 0 Å². The number of benzene rings is 2. The number of hydrogen-bond donors (Lipinski definition) is 1. The molecule has 0 saturated heterocycles. The zero-order valence-corrected chi connectivity index (χ0v) is 32.8. The van der Waals surface area contributed by atoms with Crippen molar-refractivity contribution in [2.45, 2.75) is 32.2 Å². The summed E-state index contributed by atoms with van der Waals surface area (Å²) >= 11 is 1.76. The summed E-state index contributed by atoms with van der Waals surface area (Å²) in [6, 6.07) is 17.0. The number of methoxy groups -OCH3 is 1. The first-order valence-corrected chi connectivity index (χ1v) is 18.8. The van der Waals surface area contributed by atoms with E-state index in [1.54, 1.807) is 18.4 Å². The van der Waals surface area contributed by atoms with Crippen LogP contribution in [-0.4, -0.2) is 111 Å². The van der Waals surface area contributed by atoms with E-state index in [1.165, 1.54) is 27.2 Å². The molecule has 1 aromatic heterocycles. The molecule has 0 saturated carbocycles. The number of halogens is 1. The number of fused-ring (bicyclic) bond motifs is 2. The summed E-state index contributed by atoms with van der Waals surface area (Å²) in [6.07, 6.45) is 10.7. The zero-order chi connectivity index (χ0) is 36.9. The van der Waals surface area contributed by atoms with Gasteiger partial charge in [-0.1, -0.05) is 73.7 Å². The van der Waals surface area contributed by atoms with E-state index in [1.807, 2.05) is 0 Å². The monoisotopic (exact) mass is 774 g/mol. The van der Waals surface area contributed by atoms with Gasteiger partial charge in [-0.2, -0.15) is 4.57 Å². The van der Waals surface area contributed by atoms with Gasteiger partial charge in [0.05, 0.1) is 85.7 Å². The molecule has 1 N–H and O–H groups in total. The summed E-state index contributed by atoms with van der Waals surface area (Å²) < 4.78 is 42.1. The Bertz CT molecular complexity index is 1590. The fourth-order valence-electron chi connectivity index (χ4n) is 5.84. The minimum Gasteiger partial charge on any atom is -1.00 e. The van der Waals surface area contributed by atoms with Crippen molar-refractivity contribution in [2.75, 3.05) is 104 Å². The quantitative estimate of drug-likeness (QED) is 0.0706. The Hall–Kier alpha value is -3.17. The normalized spacial score (nSPS) is 14.5. The summed E-state index contributed by atoms with van der Waals surface area (Å²) in [5.74, 6) is -0.867. The maximum absolute atomic E-state index is 10.5. The molecule has 0 spiro atoms. The van der Waals surface area contributed by atoms with Gasteiger partial charge in [-0.3, -0.25) is 4.79 Å². The van der Waals surface area contributed by atoms with Crippen LogP contribution in [0, 0.1) is 0 Å². The number of thiazole rings is 1. The number of allylic oxidation sites excluding steroid dienone is 5. The number of carboxylic acids is 1. The van der Waals surface area contributed by atoms with Gasteiger partial charge >= 0.3 is 5.97 Å². The van der Waals surface area contributed by atoms with Crippen LogP contribution >= 0.6 is 11.3 Å². The maximum atomic E-state index is 10.5. The van der Waals surface area contributed by atoms with Crippen molar-refractivity contribution in [3.05, 3.63) is 89.1 Å². The van der Waals surface area contributed by atoms with E-state index < -0.39 is 5.97 Å². The topological polar surface area (TPSA) is 109 Å². The molecule has 0 amide bonds. The van der Waals surface area contributed by atoms with Crippen LogP contribution in [0.4, 0.5) is 5.69 Å². The molecule has 0 unspecified atom stereocenters.